The van der Waals surface area contributed by atoms with Crippen LogP contribution in [0, 0.1) is 31.5 Å². The molecular formula is C23H23ClFNO3S. The number of amides is 1. The molecule has 1 aliphatic rings. The van der Waals surface area contributed by atoms with Gasteiger partial charge in [0.05, 0.1) is 4.90 Å². The van der Waals surface area contributed by atoms with Gasteiger partial charge in [-0.25, -0.2) is 17.5 Å². The van der Waals surface area contributed by atoms with Gasteiger partial charge in [-0.2, -0.15) is 0 Å². The Kier molecular flexibility index (Phi) is 6.20. The van der Waals surface area contributed by atoms with E-state index < -0.39 is 15.9 Å². The first-order chi connectivity index (χ1) is 14.0. The number of carbonyl (C=O) groups excluding carboxylic acids is 1. The third-order valence-corrected chi connectivity index (χ3v) is 7.18. The van der Waals surface area contributed by atoms with Gasteiger partial charge in [-0.1, -0.05) is 49.7 Å². The molecule has 0 heterocycles. The molecule has 1 amide bonds. The van der Waals surface area contributed by atoms with Crippen LogP contribution >= 0.6 is 11.6 Å². The van der Waals surface area contributed by atoms with E-state index in [1.54, 1.807) is 50.3 Å². The Balaban J connectivity index is 1.98. The Morgan fingerprint density at radius 2 is 1.80 bits per heavy atom. The number of nitrogens with one attached hydrogen (secondary N) is 1. The zero-order chi connectivity index (χ0) is 22.2. The van der Waals surface area contributed by atoms with Gasteiger partial charge in [-0.15, -0.1) is 0 Å². The number of hydrogen-bond donors (Lipinski definition) is 1. The minimum Gasteiger partial charge on any atom is -0.268 e. The van der Waals surface area contributed by atoms with Crippen molar-refractivity contribution in [2.24, 2.45) is 11.8 Å². The van der Waals surface area contributed by atoms with Gasteiger partial charge in [0, 0.05) is 16.2 Å². The molecule has 0 aromatic heterocycles. The maximum atomic E-state index is 14.6. The summed E-state index contributed by atoms with van der Waals surface area (Å²) >= 11 is 5.93. The van der Waals surface area contributed by atoms with Crippen LogP contribution in [0.4, 0.5) is 4.39 Å². The predicted molar refractivity (Wildman–Crippen MR) is 117 cm³/mol. The van der Waals surface area contributed by atoms with E-state index in [-0.39, 0.29) is 33.1 Å². The fraction of sp³-hybridized carbons (Fsp3) is 0.261. The van der Waals surface area contributed by atoms with Gasteiger partial charge in [-0.3, -0.25) is 4.79 Å². The van der Waals surface area contributed by atoms with Crippen molar-refractivity contribution in [3.63, 3.8) is 0 Å². The molecule has 2 aromatic carbocycles. The first kappa shape index (κ1) is 22.2. The van der Waals surface area contributed by atoms with Crippen molar-refractivity contribution in [2.75, 3.05) is 0 Å². The normalized spacial score (nSPS) is 19.1. The van der Waals surface area contributed by atoms with Crippen LogP contribution in [0.1, 0.15) is 30.5 Å². The van der Waals surface area contributed by atoms with E-state index in [2.05, 4.69) is 4.72 Å². The molecule has 1 aliphatic carbocycles. The quantitative estimate of drug-likeness (QED) is 0.700. The van der Waals surface area contributed by atoms with E-state index in [0.717, 1.165) is 5.56 Å². The molecule has 2 aromatic rings. The molecule has 2 unspecified atom stereocenters. The number of hydrogen-bond acceptors (Lipinski definition) is 3. The smallest absolute Gasteiger partial charge is 0.264 e. The summed E-state index contributed by atoms with van der Waals surface area (Å²) in [5, 5.41) is 0.255. The van der Waals surface area contributed by atoms with Crippen molar-refractivity contribution in [1.82, 2.24) is 4.72 Å². The highest BCUT2D eigenvalue weighted by atomic mass is 35.5. The largest absolute Gasteiger partial charge is 0.268 e. The second kappa shape index (κ2) is 8.36. The van der Waals surface area contributed by atoms with Crippen LogP contribution in [-0.2, 0) is 14.8 Å². The monoisotopic (exact) mass is 447 g/mol. The lowest BCUT2D eigenvalue weighted by Crippen LogP contribution is -2.33. The summed E-state index contributed by atoms with van der Waals surface area (Å²) in [5.74, 6) is -1.26. The molecular weight excluding hydrogens is 425 g/mol. The van der Waals surface area contributed by atoms with Crippen LogP contribution in [0.2, 0.25) is 5.02 Å². The van der Waals surface area contributed by atoms with Gasteiger partial charge in [0.1, 0.15) is 5.82 Å². The molecule has 0 radical (unpaired) electrons. The number of benzene rings is 2. The molecule has 3 rings (SSSR count). The summed E-state index contributed by atoms with van der Waals surface area (Å²) in [7, 11) is -4.12. The fourth-order valence-corrected chi connectivity index (χ4v) is 5.08. The molecule has 2 atom stereocenters. The Labute approximate surface area is 181 Å². The zero-order valence-corrected chi connectivity index (χ0v) is 18.7. The van der Waals surface area contributed by atoms with E-state index in [1.165, 1.54) is 12.1 Å². The number of allylic oxidation sites excluding steroid dienone is 2. The van der Waals surface area contributed by atoms with E-state index in [0.29, 0.717) is 16.7 Å². The molecule has 1 N–H and O–H groups in total. The minimum atomic E-state index is -4.12. The number of sulfonamides is 1. The van der Waals surface area contributed by atoms with Gasteiger partial charge < -0.3 is 0 Å². The Bertz CT molecular complexity index is 1160. The minimum absolute atomic E-state index is 0.0380. The number of rotatable bonds is 4. The molecule has 0 fully saturated rings. The van der Waals surface area contributed by atoms with Crippen LogP contribution in [0.5, 0.6) is 0 Å². The maximum Gasteiger partial charge on any atom is 0.264 e. The number of aryl methyl sites for hydroxylation is 2. The molecule has 4 nitrogen and oxygen atoms in total. The summed E-state index contributed by atoms with van der Waals surface area (Å²) in [6, 6.07) is 9.28. The predicted octanol–water partition coefficient (Wildman–Crippen LogP) is 5.20. The number of halogens is 2. The summed E-state index contributed by atoms with van der Waals surface area (Å²) in [6.07, 6.45) is 3.28. The standard InChI is InChI=1S/C23H23ClFNO3S/c1-13-8-9-18(24)12-21(13)30(28,29)26-23(27)17-10-15(3)16(4)19(11-17)22-14(2)6-5-7-20(22)25/h5-12,15-16H,1-4H3,(H,26,27). The van der Waals surface area contributed by atoms with Gasteiger partial charge in [0.2, 0.25) is 0 Å². The van der Waals surface area contributed by atoms with Crippen LogP contribution < -0.4 is 4.72 Å². The van der Waals surface area contributed by atoms with E-state index in [9.17, 15) is 17.6 Å². The van der Waals surface area contributed by atoms with Gasteiger partial charge >= 0.3 is 0 Å². The molecule has 0 spiro atoms. The van der Waals surface area contributed by atoms with Gasteiger partial charge in [0.15, 0.2) is 0 Å². The summed E-state index contributed by atoms with van der Waals surface area (Å²) in [4.78, 5) is 12.8. The molecule has 0 saturated heterocycles. The fourth-order valence-electron chi connectivity index (χ4n) is 3.60. The molecule has 0 saturated carbocycles. The summed E-state index contributed by atoms with van der Waals surface area (Å²) in [6.45, 7) is 7.30. The average molecular weight is 448 g/mol. The lowest BCUT2D eigenvalue weighted by atomic mass is 9.78. The second-order valence-electron chi connectivity index (χ2n) is 7.65. The highest BCUT2D eigenvalue weighted by Gasteiger charge is 2.28. The molecule has 158 valence electrons. The maximum absolute atomic E-state index is 14.6. The van der Waals surface area contributed by atoms with Crippen molar-refractivity contribution in [3.05, 3.63) is 81.7 Å². The number of carbonyl (C=O) groups is 1. The lowest BCUT2D eigenvalue weighted by Gasteiger charge is -2.27. The van der Waals surface area contributed by atoms with Gasteiger partial charge in [0.25, 0.3) is 15.9 Å². The summed E-state index contributed by atoms with van der Waals surface area (Å²) in [5.41, 5.74) is 2.52. The second-order valence-corrected chi connectivity index (χ2v) is 9.73. The average Bonchev–Trinajstić information content (AvgIpc) is 2.66. The lowest BCUT2D eigenvalue weighted by molar-refractivity contribution is -0.115. The van der Waals surface area contributed by atoms with Crippen molar-refractivity contribution in [3.8, 4) is 0 Å². The van der Waals surface area contributed by atoms with E-state index >= 15 is 0 Å². The zero-order valence-electron chi connectivity index (χ0n) is 17.2. The highest BCUT2D eigenvalue weighted by Crippen LogP contribution is 2.38. The van der Waals surface area contributed by atoms with Crippen molar-refractivity contribution < 1.29 is 17.6 Å². The first-order valence-electron chi connectivity index (χ1n) is 9.53. The topological polar surface area (TPSA) is 63.2 Å². The van der Waals surface area contributed by atoms with Crippen LogP contribution in [0.3, 0.4) is 0 Å². The molecule has 30 heavy (non-hydrogen) atoms. The van der Waals surface area contributed by atoms with Crippen molar-refractivity contribution in [2.45, 2.75) is 32.6 Å². The van der Waals surface area contributed by atoms with E-state index in [1.807, 2.05) is 13.8 Å². The first-order valence-corrected chi connectivity index (χ1v) is 11.4. The highest BCUT2D eigenvalue weighted by molar-refractivity contribution is 7.90. The van der Waals surface area contributed by atoms with Crippen LogP contribution in [-0.4, -0.2) is 14.3 Å². The third kappa shape index (κ3) is 4.35. The summed E-state index contributed by atoms with van der Waals surface area (Å²) < 4.78 is 42.2. The Morgan fingerprint density at radius 1 is 1.10 bits per heavy atom. The van der Waals surface area contributed by atoms with Crippen LogP contribution in [0.25, 0.3) is 5.57 Å². The van der Waals surface area contributed by atoms with Gasteiger partial charge in [-0.05, 0) is 66.7 Å². The van der Waals surface area contributed by atoms with Crippen molar-refractivity contribution in [1.29, 1.82) is 0 Å². The molecule has 0 aliphatic heterocycles. The van der Waals surface area contributed by atoms with Crippen LogP contribution in [0.15, 0.2) is 59.0 Å². The van der Waals surface area contributed by atoms with Crippen molar-refractivity contribution >= 4 is 33.1 Å². The third-order valence-electron chi connectivity index (χ3n) is 5.47. The SMILES string of the molecule is Cc1ccc(Cl)cc1S(=O)(=O)NC(=O)C1=CC(C)C(C)C(c2c(C)cccc2F)=C1. The molecule has 0 bridgehead atoms. The Hall–Kier alpha value is -2.44. The Morgan fingerprint density at radius 3 is 2.47 bits per heavy atom. The van der Waals surface area contributed by atoms with E-state index in [4.69, 9.17) is 11.6 Å². The molecule has 7 heteroatoms.